The van der Waals surface area contributed by atoms with Gasteiger partial charge in [-0.05, 0) is 54.1 Å². The summed E-state index contributed by atoms with van der Waals surface area (Å²) in [6.07, 6.45) is 5.37. The molecule has 3 heterocycles. The topological polar surface area (TPSA) is 84.2 Å². The maximum Gasteiger partial charge on any atom is 0.290 e. The number of thiophene rings is 1. The lowest BCUT2D eigenvalue weighted by Gasteiger charge is -2.32. The van der Waals surface area contributed by atoms with Gasteiger partial charge in [0.1, 0.15) is 17.6 Å². The molecule has 0 unspecified atom stereocenters. The van der Waals surface area contributed by atoms with Crippen LogP contribution in [0, 0.1) is 0 Å². The van der Waals surface area contributed by atoms with Crippen molar-refractivity contribution in [3.05, 3.63) is 75.9 Å². The van der Waals surface area contributed by atoms with Gasteiger partial charge >= 0.3 is 0 Å². The Morgan fingerprint density at radius 3 is 2.54 bits per heavy atom. The highest BCUT2D eigenvalue weighted by molar-refractivity contribution is 7.10. The minimum Gasteiger partial charge on any atom is -0.497 e. The zero-order valence-electron chi connectivity index (χ0n) is 22.5. The SMILES string of the molecule is COc1ccc(CN(C(=O)c2ccc(CN3CCOCC3)o2)[C@@H](C(=O)NC2CCCCC2)c2cccs2)cc1. The van der Waals surface area contributed by atoms with Gasteiger partial charge in [-0.15, -0.1) is 11.3 Å². The van der Waals surface area contributed by atoms with E-state index in [1.54, 1.807) is 18.1 Å². The molecular weight excluding hydrogens is 514 g/mol. The lowest BCUT2D eigenvalue weighted by Crippen LogP contribution is -2.46. The summed E-state index contributed by atoms with van der Waals surface area (Å²) in [4.78, 5) is 32.7. The molecule has 1 aliphatic carbocycles. The molecule has 208 valence electrons. The normalized spacial score (nSPS) is 17.5. The first-order valence-corrected chi connectivity index (χ1v) is 14.6. The van der Waals surface area contributed by atoms with Gasteiger partial charge in [0, 0.05) is 30.6 Å². The molecule has 2 aliphatic rings. The number of benzene rings is 1. The predicted molar refractivity (Wildman–Crippen MR) is 150 cm³/mol. The second-order valence-electron chi connectivity index (χ2n) is 10.2. The van der Waals surface area contributed by atoms with Gasteiger partial charge in [0.05, 0.1) is 26.9 Å². The number of methoxy groups -OCH3 is 1. The molecule has 1 saturated carbocycles. The third-order valence-corrected chi connectivity index (χ3v) is 8.38. The van der Waals surface area contributed by atoms with Gasteiger partial charge in [0.15, 0.2) is 5.76 Å². The average molecular weight is 552 g/mol. The van der Waals surface area contributed by atoms with Crippen molar-refractivity contribution in [1.82, 2.24) is 15.1 Å². The fourth-order valence-corrected chi connectivity index (χ4v) is 6.14. The van der Waals surface area contributed by atoms with Gasteiger partial charge in [-0.25, -0.2) is 0 Å². The number of hydrogen-bond acceptors (Lipinski definition) is 7. The Bertz CT molecular complexity index is 1200. The fraction of sp³-hybridized carbons (Fsp3) is 0.467. The second-order valence-corrected chi connectivity index (χ2v) is 11.2. The molecule has 9 heteroatoms. The van der Waals surface area contributed by atoms with E-state index < -0.39 is 6.04 Å². The van der Waals surface area contributed by atoms with E-state index in [-0.39, 0.29) is 30.2 Å². The predicted octanol–water partition coefficient (Wildman–Crippen LogP) is 5.01. The number of nitrogens with zero attached hydrogens (tertiary/aromatic N) is 2. The monoisotopic (exact) mass is 551 g/mol. The van der Waals surface area contributed by atoms with Crippen molar-refractivity contribution in [3.8, 4) is 5.75 Å². The van der Waals surface area contributed by atoms with E-state index in [0.29, 0.717) is 19.8 Å². The van der Waals surface area contributed by atoms with E-state index in [2.05, 4.69) is 10.2 Å². The Kier molecular flexibility index (Phi) is 9.34. The quantitative estimate of drug-likeness (QED) is 0.381. The molecule has 2 aromatic heterocycles. The van der Waals surface area contributed by atoms with Gasteiger partial charge in [-0.1, -0.05) is 37.5 Å². The van der Waals surface area contributed by atoms with E-state index in [0.717, 1.165) is 60.7 Å². The first kappa shape index (κ1) is 27.4. The number of carbonyl (C=O) groups excluding carboxylic acids is 2. The van der Waals surface area contributed by atoms with E-state index in [1.165, 1.54) is 17.8 Å². The molecule has 1 aliphatic heterocycles. The van der Waals surface area contributed by atoms with Crippen LogP contribution in [-0.2, 0) is 22.6 Å². The number of rotatable bonds is 10. The molecule has 8 nitrogen and oxygen atoms in total. The number of furan rings is 1. The first-order chi connectivity index (χ1) is 19.1. The van der Waals surface area contributed by atoms with Crippen LogP contribution in [0.25, 0.3) is 0 Å². The molecule has 1 saturated heterocycles. The van der Waals surface area contributed by atoms with Gasteiger partial charge in [-0.2, -0.15) is 0 Å². The van der Waals surface area contributed by atoms with Gasteiger partial charge in [-0.3, -0.25) is 14.5 Å². The van der Waals surface area contributed by atoms with Crippen molar-refractivity contribution in [3.63, 3.8) is 0 Å². The highest BCUT2D eigenvalue weighted by Gasteiger charge is 2.35. The van der Waals surface area contributed by atoms with Crippen molar-refractivity contribution in [2.45, 2.75) is 57.3 Å². The summed E-state index contributed by atoms with van der Waals surface area (Å²) in [7, 11) is 1.62. The summed E-state index contributed by atoms with van der Waals surface area (Å²) in [5.74, 6) is 1.24. The Hall–Kier alpha value is -3.14. The fourth-order valence-electron chi connectivity index (χ4n) is 5.31. The third-order valence-electron chi connectivity index (χ3n) is 7.45. The average Bonchev–Trinajstić information content (AvgIpc) is 3.67. The summed E-state index contributed by atoms with van der Waals surface area (Å²) < 4.78 is 16.8. The molecule has 2 fully saturated rings. The molecular formula is C30H37N3O5S. The summed E-state index contributed by atoms with van der Waals surface area (Å²) >= 11 is 1.48. The van der Waals surface area contributed by atoms with E-state index in [1.807, 2.05) is 47.8 Å². The standard InChI is InChI=1S/C30H37N3O5S/c1-36-24-11-9-22(10-12-24)20-33(30(35)26-14-13-25(38-26)21-32-15-17-37-18-16-32)28(27-8-5-19-39-27)29(34)31-23-6-3-2-4-7-23/h5,8-14,19,23,28H,2-4,6-7,15-18,20-21H2,1H3,(H,31,34)/t28-/m1/s1. The number of morpholine rings is 1. The van der Waals surface area contributed by atoms with Crippen molar-refractivity contribution >= 4 is 23.2 Å². The van der Waals surface area contributed by atoms with Crippen LogP contribution in [0.4, 0.5) is 0 Å². The Morgan fingerprint density at radius 2 is 1.85 bits per heavy atom. The summed E-state index contributed by atoms with van der Waals surface area (Å²) in [6, 6.07) is 14.4. The molecule has 0 radical (unpaired) electrons. The van der Waals surface area contributed by atoms with E-state index in [9.17, 15) is 9.59 Å². The molecule has 1 aromatic carbocycles. The van der Waals surface area contributed by atoms with Gasteiger partial charge in [0.2, 0.25) is 5.91 Å². The Labute approximate surface area is 233 Å². The van der Waals surface area contributed by atoms with Crippen molar-refractivity contribution < 1.29 is 23.5 Å². The maximum atomic E-state index is 14.1. The molecule has 39 heavy (non-hydrogen) atoms. The molecule has 0 spiro atoms. The largest absolute Gasteiger partial charge is 0.497 e. The van der Waals surface area contributed by atoms with Gasteiger partial charge < -0.3 is 24.1 Å². The van der Waals surface area contributed by atoms with E-state index >= 15 is 0 Å². The molecule has 2 amide bonds. The molecule has 1 N–H and O–H groups in total. The molecule has 5 rings (SSSR count). The second kappa shape index (κ2) is 13.3. The van der Waals surface area contributed by atoms with Crippen LogP contribution in [0.1, 0.15) is 64.9 Å². The molecule has 1 atom stereocenters. The zero-order valence-corrected chi connectivity index (χ0v) is 23.3. The number of nitrogens with one attached hydrogen (secondary N) is 1. The van der Waals surface area contributed by atoms with E-state index in [4.69, 9.17) is 13.9 Å². The van der Waals surface area contributed by atoms with Crippen molar-refractivity contribution in [2.24, 2.45) is 0 Å². The maximum absolute atomic E-state index is 14.1. The molecule has 0 bridgehead atoms. The highest BCUT2D eigenvalue weighted by Crippen LogP contribution is 2.31. The number of ether oxygens (including phenoxy) is 2. The van der Waals surface area contributed by atoms with Gasteiger partial charge in [0.25, 0.3) is 5.91 Å². The smallest absolute Gasteiger partial charge is 0.290 e. The van der Waals surface area contributed by atoms with Crippen LogP contribution in [0.2, 0.25) is 0 Å². The minimum absolute atomic E-state index is 0.135. The third kappa shape index (κ3) is 7.09. The zero-order chi connectivity index (χ0) is 27.0. The number of amides is 2. The van der Waals surface area contributed by atoms with Crippen LogP contribution in [-0.4, -0.2) is 61.1 Å². The minimum atomic E-state index is -0.769. The number of carbonyl (C=O) groups is 2. The lowest BCUT2D eigenvalue weighted by molar-refractivity contribution is -0.127. The number of hydrogen-bond donors (Lipinski definition) is 1. The Balaban J connectivity index is 1.43. The van der Waals surface area contributed by atoms with Crippen LogP contribution in [0.5, 0.6) is 5.75 Å². The van der Waals surface area contributed by atoms with Crippen molar-refractivity contribution in [1.29, 1.82) is 0 Å². The highest BCUT2D eigenvalue weighted by atomic mass is 32.1. The molecule has 3 aromatic rings. The summed E-state index contributed by atoms with van der Waals surface area (Å²) in [5.41, 5.74) is 0.899. The first-order valence-electron chi connectivity index (χ1n) is 13.8. The summed E-state index contributed by atoms with van der Waals surface area (Å²) in [5, 5.41) is 5.21. The van der Waals surface area contributed by atoms with Crippen LogP contribution in [0.15, 0.2) is 58.3 Å². The Morgan fingerprint density at radius 1 is 1.08 bits per heavy atom. The van der Waals surface area contributed by atoms with Crippen molar-refractivity contribution in [2.75, 3.05) is 33.4 Å². The lowest BCUT2D eigenvalue weighted by atomic mass is 9.95. The summed E-state index contributed by atoms with van der Waals surface area (Å²) in [6.45, 7) is 3.92. The van der Waals surface area contributed by atoms with Crippen LogP contribution < -0.4 is 10.1 Å². The van der Waals surface area contributed by atoms with Crippen LogP contribution >= 0.6 is 11.3 Å². The van der Waals surface area contributed by atoms with Crippen LogP contribution in [0.3, 0.4) is 0 Å².